The Morgan fingerprint density at radius 2 is 2.08 bits per heavy atom. The van der Waals surface area contributed by atoms with E-state index in [-0.39, 0.29) is 11.3 Å². The molecule has 0 bridgehead atoms. The van der Waals surface area contributed by atoms with E-state index in [1.165, 1.54) is 14.0 Å². The topological polar surface area (TPSA) is 51.0 Å². The number of methoxy groups -OCH3 is 1. The lowest BCUT2D eigenvalue weighted by atomic mass is 10.0. The number of ketones is 1. The average Bonchev–Trinajstić information content (AvgIpc) is 2.64. The van der Waals surface area contributed by atoms with E-state index in [0.717, 1.165) is 12.8 Å². The molecule has 1 heterocycles. The summed E-state index contributed by atoms with van der Waals surface area (Å²) >= 11 is 0. The first-order chi connectivity index (χ1) is 5.63. The maximum atomic E-state index is 11.2. The van der Waals surface area contributed by atoms with Crippen molar-refractivity contribution in [3.8, 4) is 0 Å². The van der Waals surface area contributed by atoms with Crippen molar-refractivity contribution in [1.82, 2.24) is 0 Å². The minimum Gasteiger partial charge on any atom is -0.349 e. The van der Waals surface area contributed by atoms with Crippen molar-refractivity contribution in [2.75, 3.05) is 7.11 Å². The van der Waals surface area contributed by atoms with E-state index in [1.807, 2.05) is 0 Å². The molecule has 0 N–H and O–H groups in total. The second kappa shape index (κ2) is 2.13. The third-order valence-electron chi connectivity index (χ3n) is 2.71. The van der Waals surface area contributed by atoms with Gasteiger partial charge in [-0.2, -0.15) is 5.11 Å². The van der Waals surface area contributed by atoms with Crippen molar-refractivity contribution >= 4 is 5.78 Å². The van der Waals surface area contributed by atoms with Gasteiger partial charge in [0.1, 0.15) is 0 Å². The highest BCUT2D eigenvalue weighted by atomic mass is 16.5. The second-order valence-electron chi connectivity index (χ2n) is 3.65. The van der Waals surface area contributed by atoms with Gasteiger partial charge in [0, 0.05) is 13.5 Å². The van der Waals surface area contributed by atoms with Crippen molar-refractivity contribution in [3.63, 3.8) is 0 Å². The zero-order chi connectivity index (χ0) is 8.82. The van der Waals surface area contributed by atoms with E-state index < -0.39 is 5.72 Å². The van der Waals surface area contributed by atoms with E-state index in [2.05, 4.69) is 10.2 Å². The van der Waals surface area contributed by atoms with E-state index in [9.17, 15) is 4.79 Å². The highest BCUT2D eigenvalue weighted by Gasteiger charge is 2.57. The van der Waals surface area contributed by atoms with Crippen LogP contribution in [0.3, 0.4) is 0 Å². The summed E-state index contributed by atoms with van der Waals surface area (Å²) in [6.07, 6.45) is 2.75. The summed E-state index contributed by atoms with van der Waals surface area (Å²) in [5, 5.41) is 8.06. The largest absolute Gasteiger partial charge is 0.349 e. The van der Waals surface area contributed by atoms with E-state index in [1.54, 1.807) is 0 Å². The Morgan fingerprint density at radius 3 is 2.33 bits per heavy atom. The highest BCUT2D eigenvalue weighted by molar-refractivity contribution is 5.85. The van der Waals surface area contributed by atoms with Crippen molar-refractivity contribution in [3.05, 3.63) is 0 Å². The van der Waals surface area contributed by atoms with E-state index in [0.29, 0.717) is 6.42 Å². The molecule has 4 heteroatoms. The summed E-state index contributed by atoms with van der Waals surface area (Å²) in [5.41, 5.74) is -0.974. The van der Waals surface area contributed by atoms with Crippen molar-refractivity contribution in [2.24, 2.45) is 10.2 Å². The predicted molar refractivity (Wildman–Crippen MR) is 41.9 cm³/mol. The summed E-state index contributed by atoms with van der Waals surface area (Å²) in [4.78, 5) is 11.2. The molecule has 66 valence electrons. The quantitative estimate of drug-likeness (QED) is 0.624. The fourth-order valence-electron chi connectivity index (χ4n) is 1.58. The molecule has 1 atom stereocenters. The molecular formula is C8H12N2O2. The van der Waals surface area contributed by atoms with Crippen LogP contribution in [0.4, 0.5) is 0 Å². The summed E-state index contributed by atoms with van der Waals surface area (Å²) < 4.78 is 5.13. The molecule has 1 saturated carbocycles. The van der Waals surface area contributed by atoms with Crippen molar-refractivity contribution in [2.45, 2.75) is 37.5 Å². The van der Waals surface area contributed by atoms with Crippen LogP contribution < -0.4 is 0 Å². The molecule has 2 aliphatic rings. The van der Waals surface area contributed by atoms with Gasteiger partial charge in [0.05, 0.1) is 5.54 Å². The van der Waals surface area contributed by atoms with Crippen LogP contribution in [-0.2, 0) is 9.53 Å². The van der Waals surface area contributed by atoms with Crippen molar-refractivity contribution < 1.29 is 9.53 Å². The van der Waals surface area contributed by atoms with E-state index >= 15 is 0 Å². The molecule has 0 aromatic heterocycles. The lowest BCUT2D eigenvalue weighted by Gasteiger charge is -2.19. The maximum Gasteiger partial charge on any atom is 0.239 e. The Bertz CT molecular complexity index is 258. The summed E-state index contributed by atoms with van der Waals surface area (Å²) in [6.45, 7) is 1.50. The van der Waals surface area contributed by atoms with Gasteiger partial charge in [-0.25, -0.2) is 0 Å². The van der Waals surface area contributed by atoms with Gasteiger partial charge < -0.3 is 4.74 Å². The van der Waals surface area contributed by atoms with Gasteiger partial charge in [-0.15, -0.1) is 5.11 Å². The molecule has 1 unspecified atom stereocenters. The number of azo groups is 1. The molecule has 0 aromatic carbocycles. The molecule has 0 radical (unpaired) electrons. The first-order valence-electron chi connectivity index (χ1n) is 4.13. The summed E-state index contributed by atoms with van der Waals surface area (Å²) in [6, 6.07) is 0. The SMILES string of the molecule is COC1(C(C)=O)CC2(CC2)N=N1. The number of rotatable bonds is 2. The molecule has 0 amide bonds. The van der Waals surface area contributed by atoms with Gasteiger partial charge >= 0.3 is 0 Å². The normalized spacial score (nSPS) is 35.8. The average molecular weight is 168 g/mol. The fraction of sp³-hybridized carbons (Fsp3) is 0.875. The number of nitrogens with zero attached hydrogens (tertiary/aromatic N) is 2. The predicted octanol–water partition coefficient (Wildman–Crippen LogP) is 1.31. The van der Waals surface area contributed by atoms with Gasteiger partial charge in [-0.1, -0.05) is 0 Å². The van der Waals surface area contributed by atoms with Crippen LogP contribution in [-0.4, -0.2) is 24.2 Å². The Morgan fingerprint density at radius 1 is 1.42 bits per heavy atom. The number of carbonyl (C=O) groups is 1. The smallest absolute Gasteiger partial charge is 0.239 e. The van der Waals surface area contributed by atoms with Gasteiger partial charge in [0.25, 0.3) is 0 Å². The van der Waals surface area contributed by atoms with Crippen LogP contribution in [0.25, 0.3) is 0 Å². The molecule has 1 aliphatic carbocycles. The highest BCUT2D eigenvalue weighted by Crippen LogP contribution is 2.52. The zero-order valence-corrected chi connectivity index (χ0v) is 7.33. The number of carbonyl (C=O) groups excluding carboxylic acids is 1. The molecule has 4 nitrogen and oxygen atoms in total. The molecule has 0 aromatic rings. The van der Waals surface area contributed by atoms with Crippen LogP contribution in [0, 0.1) is 0 Å². The van der Waals surface area contributed by atoms with Crippen LogP contribution in [0.1, 0.15) is 26.2 Å². The first kappa shape index (κ1) is 7.86. The van der Waals surface area contributed by atoms with Crippen molar-refractivity contribution in [1.29, 1.82) is 0 Å². The molecular weight excluding hydrogens is 156 g/mol. The Labute approximate surface area is 71.0 Å². The van der Waals surface area contributed by atoms with Crippen LogP contribution >= 0.6 is 0 Å². The third kappa shape index (κ3) is 0.909. The molecule has 12 heavy (non-hydrogen) atoms. The van der Waals surface area contributed by atoms with Gasteiger partial charge in [0.2, 0.25) is 5.72 Å². The van der Waals surface area contributed by atoms with Gasteiger partial charge in [-0.05, 0) is 19.8 Å². The van der Waals surface area contributed by atoms with Crippen LogP contribution in [0.2, 0.25) is 0 Å². The molecule has 1 fully saturated rings. The van der Waals surface area contributed by atoms with Crippen LogP contribution in [0.5, 0.6) is 0 Å². The van der Waals surface area contributed by atoms with Gasteiger partial charge in [-0.3, -0.25) is 4.79 Å². The number of Topliss-reactive ketones (excluding diaryl/α,β-unsaturated/α-hetero) is 1. The maximum absolute atomic E-state index is 11.2. The molecule has 0 saturated heterocycles. The standard InChI is InChI=1S/C8H12N2O2/c1-6(11)8(12-2)5-7(3-4-7)9-10-8/h3-5H2,1-2H3. The number of ether oxygens (including phenoxy) is 1. The fourth-order valence-corrected chi connectivity index (χ4v) is 1.58. The first-order valence-corrected chi connectivity index (χ1v) is 4.13. The monoisotopic (exact) mass is 168 g/mol. The second-order valence-corrected chi connectivity index (χ2v) is 3.65. The molecule has 2 rings (SSSR count). The summed E-state index contributed by atoms with van der Waals surface area (Å²) in [7, 11) is 1.52. The lowest BCUT2D eigenvalue weighted by Crippen LogP contribution is -2.36. The Kier molecular flexibility index (Phi) is 1.39. The minimum absolute atomic E-state index is 0.0261. The molecule has 1 aliphatic heterocycles. The number of hydrogen-bond acceptors (Lipinski definition) is 4. The minimum atomic E-state index is -0.948. The summed E-state index contributed by atoms with van der Waals surface area (Å²) in [5.74, 6) is -0.0440. The molecule has 1 spiro atoms. The zero-order valence-electron chi connectivity index (χ0n) is 7.33. The Hall–Kier alpha value is -0.770. The third-order valence-corrected chi connectivity index (χ3v) is 2.71. The number of hydrogen-bond donors (Lipinski definition) is 0. The Balaban J connectivity index is 2.22. The van der Waals surface area contributed by atoms with Gasteiger partial charge in [0.15, 0.2) is 5.78 Å². The van der Waals surface area contributed by atoms with E-state index in [4.69, 9.17) is 4.74 Å². The van der Waals surface area contributed by atoms with Crippen LogP contribution in [0.15, 0.2) is 10.2 Å². The lowest BCUT2D eigenvalue weighted by molar-refractivity contribution is -0.138.